The van der Waals surface area contributed by atoms with Crippen LogP contribution in [0.4, 0.5) is 11.5 Å². The van der Waals surface area contributed by atoms with Crippen LogP contribution in [0.1, 0.15) is 21.5 Å². The van der Waals surface area contributed by atoms with E-state index in [1.807, 2.05) is 30.3 Å². The fourth-order valence-electron chi connectivity index (χ4n) is 2.36. The molecule has 5 heteroatoms. The number of carboxylic acids is 1. The summed E-state index contributed by atoms with van der Waals surface area (Å²) in [6, 6.07) is 19.6. The van der Waals surface area contributed by atoms with Crippen molar-refractivity contribution in [2.75, 3.05) is 5.73 Å². The van der Waals surface area contributed by atoms with Gasteiger partial charge in [0.1, 0.15) is 0 Å². The maximum Gasteiger partial charge on any atom is 0.336 e. The number of aromatic nitrogens is 1. The van der Waals surface area contributed by atoms with Crippen LogP contribution in [0.2, 0.25) is 0 Å². The second-order valence-corrected chi connectivity index (χ2v) is 5.09. The molecule has 3 rings (SSSR count). The lowest BCUT2D eigenvalue weighted by Crippen LogP contribution is -2.10. The van der Waals surface area contributed by atoms with Crippen LogP contribution in [0.25, 0.3) is 0 Å². The normalized spacial score (nSPS) is 11.2. The minimum absolute atomic E-state index is 0.176. The van der Waals surface area contributed by atoms with Gasteiger partial charge in [-0.15, -0.1) is 0 Å². The van der Waals surface area contributed by atoms with E-state index in [1.54, 1.807) is 42.6 Å². The number of aromatic carboxylic acids is 1. The third-order valence-electron chi connectivity index (χ3n) is 3.49. The number of anilines is 1. The van der Waals surface area contributed by atoms with Crippen LogP contribution in [0.3, 0.4) is 0 Å². The first-order chi connectivity index (χ1) is 11.7. The van der Waals surface area contributed by atoms with Gasteiger partial charge in [0.25, 0.3) is 0 Å². The Morgan fingerprint density at radius 2 is 1.58 bits per heavy atom. The number of hydrogen-bond donors (Lipinski definition) is 2. The first-order valence-corrected chi connectivity index (χ1v) is 7.34. The predicted molar refractivity (Wildman–Crippen MR) is 93.8 cm³/mol. The van der Waals surface area contributed by atoms with E-state index in [2.05, 4.69) is 9.98 Å². The quantitative estimate of drug-likeness (QED) is 0.720. The predicted octanol–water partition coefficient (Wildman–Crippen LogP) is 3.53. The van der Waals surface area contributed by atoms with Gasteiger partial charge in [-0.2, -0.15) is 0 Å². The third kappa shape index (κ3) is 3.15. The molecule has 1 aromatic heterocycles. The molecule has 0 atom stereocenters. The Morgan fingerprint density at radius 1 is 0.917 bits per heavy atom. The fraction of sp³-hybridized carbons (Fsp3) is 0. The molecule has 0 radical (unpaired) electrons. The number of pyridine rings is 1. The zero-order valence-corrected chi connectivity index (χ0v) is 12.8. The molecule has 3 aromatic rings. The molecule has 1 heterocycles. The van der Waals surface area contributed by atoms with Gasteiger partial charge in [0.15, 0.2) is 5.82 Å². The molecule has 118 valence electrons. The van der Waals surface area contributed by atoms with Crippen molar-refractivity contribution in [1.82, 2.24) is 4.98 Å². The lowest BCUT2D eigenvalue weighted by molar-refractivity contribution is 0.0696. The van der Waals surface area contributed by atoms with Gasteiger partial charge in [-0.25, -0.2) is 14.8 Å². The smallest absolute Gasteiger partial charge is 0.336 e. The highest BCUT2D eigenvalue weighted by Crippen LogP contribution is 2.23. The lowest BCUT2D eigenvalue weighted by atomic mass is 9.97. The zero-order valence-electron chi connectivity index (χ0n) is 12.8. The number of benzene rings is 2. The molecule has 0 saturated heterocycles. The van der Waals surface area contributed by atoms with Gasteiger partial charge in [-0.05, 0) is 18.2 Å². The Kier molecular flexibility index (Phi) is 4.34. The molecule has 0 saturated carbocycles. The number of aliphatic imine (C=N–C) groups is 1. The first-order valence-electron chi connectivity index (χ1n) is 7.34. The highest BCUT2D eigenvalue weighted by molar-refractivity contribution is 6.18. The van der Waals surface area contributed by atoms with Gasteiger partial charge in [-0.3, -0.25) is 0 Å². The number of hydrogen-bond acceptors (Lipinski definition) is 4. The number of nitrogen functional groups attached to an aromatic ring is 1. The van der Waals surface area contributed by atoms with Crippen molar-refractivity contribution < 1.29 is 9.90 Å². The molecule has 0 bridgehead atoms. The van der Waals surface area contributed by atoms with E-state index in [4.69, 9.17) is 5.73 Å². The van der Waals surface area contributed by atoms with Crippen LogP contribution >= 0.6 is 0 Å². The van der Waals surface area contributed by atoms with Crippen LogP contribution in [0.15, 0.2) is 77.9 Å². The standard InChI is InChI=1S/C19H15N3O2/c20-16-11-6-12-21-18(16)22-17(13-7-2-1-3-8-13)14-9-4-5-10-15(14)19(23)24/h1-12H,20H2,(H,23,24)/b22-17+. The lowest BCUT2D eigenvalue weighted by Gasteiger charge is -2.11. The Balaban J connectivity index is 2.25. The molecule has 3 N–H and O–H groups in total. The monoisotopic (exact) mass is 317 g/mol. The Hall–Kier alpha value is -3.47. The highest BCUT2D eigenvalue weighted by atomic mass is 16.4. The number of carbonyl (C=O) groups is 1. The number of nitrogens with zero attached hydrogens (tertiary/aromatic N) is 2. The number of rotatable bonds is 4. The van der Waals surface area contributed by atoms with Gasteiger partial charge in [0.05, 0.1) is 17.0 Å². The van der Waals surface area contributed by atoms with Crippen molar-refractivity contribution in [1.29, 1.82) is 0 Å². The molecule has 0 spiro atoms. The summed E-state index contributed by atoms with van der Waals surface area (Å²) in [6.45, 7) is 0. The summed E-state index contributed by atoms with van der Waals surface area (Å²) in [5.41, 5.74) is 8.36. The summed E-state index contributed by atoms with van der Waals surface area (Å²) in [7, 11) is 0. The summed E-state index contributed by atoms with van der Waals surface area (Å²) < 4.78 is 0. The van der Waals surface area contributed by atoms with Crippen molar-refractivity contribution in [2.24, 2.45) is 4.99 Å². The average molecular weight is 317 g/mol. The van der Waals surface area contributed by atoms with Crippen LogP contribution < -0.4 is 5.73 Å². The largest absolute Gasteiger partial charge is 0.478 e. The van der Waals surface area contributed by atoms with E-state index in [0.29, 0.717) is 22.8 Å². The summed E-state index contributed by atoms with van der Waals surface area (Å²) in [6.07, 6.45) is 1.60. The highest BCUT2D eigenvalue weighted by Gasteiger charge is 2.16. The second-order valence-electron chi connectivity index (χ2n) is 5.09. The van der Waals surface area contributed by atoms with Crippen LogP contribution in [0, 0.1) is 0 Å². The SMILES string of the molecule is Nc1cccnc1/N=C(\c1ccccc1)c1ccccc1C(=O)O. The number of carboxylic acid groups (broad SMARTS) is 1. The van der Waals surface area contributed by atoms with Gasteiger partial charge in [0, 0.05) is 17.3 Å². The fourth-order valence-corrected chi connectivity index (χ4v) is 2.36. The maximum atomic E-state index is 11.6. The Labute approximate surface area is 139 Å². The van der Waals surface area contributed by atoms with E-state index in [-0.39, 0.29) is 5.56 Å². The zero-order chi connectivity index (χ0) is 16.9. The van der Waals surface area contributed by atoms with Gasteiger partial charge >= 0.3 is 5.97 Å². The van der Waals surface area contributed by atoms with E-state index >= 15 is 0 Å². The van der Waals surface area contributed by atoms with Crippen molar-refractivity contribution in [3.05, 3.63) is 89.6 Å². The molecule has 5 nitrogen and oxygen atoms in total. The van der Waals surface area contributed by atoms with E-state index < -0.39 is 5.97 Å². The second kappa shape index (κ2) is 6.75. The summed E-state index contributed by atoms with van der Waals surface area (Å²) in [4.78, 5) is 20.3. The first kappa shape index (κ1) is 15.4. The molecule has 24 heavy (non-hydrogen) atoms. The molecular formula is C19H15N3O2. The minimum atomic E-state index is -1.01. The van der Waals surface area contributed by atoms with Gasteiger partial charge < -0.3 is 10.8 Å². The van der Waals surface area contributed by atoms with Crippen molar-refractivity contribution in [3.8, 4) is 0 Å². The van der Waals surface area contributed by atoms with Crippen LogP contribution in [-0.4, -0.2) is 21.8 Å². The molecule has 0 unspecified atom stereocenters. The molecular weight excluding hydrogens is 302 g/mol. The van der Waals surface area contributed by atoms with Gasteiger partial charge in [-0.1, -0.05) is 48.5 Å². The van der Waals surface area contributed by atoms with Crippen LogP contribution in [0.5, 0.6) is 0 Å². The topological polar surface area (TPSA) is 88.6 Å². The van der Waals surface area contributed by atoms with E-state index in [0.717, 1.165) is 5.56 Å². The molecule has 0 aliphatic rings. The van der Waals surface area contributed by atoms with Gasteiger partial charge in [0.2, 0.25) is 0 Å². The van der Waals surface area contributed by atoms with Crippen LogP contribution in [-0.2, 0) is 0 Å². The Bertz CT molecular complexity index is 905. The number of nitrogens with two attached hydrogens (primary N) is 1. The summed E-state index contributed by atoms with van der Waals surface area (Å²) in [5, 5.41) is 9.49. The van der Waals surface area contributed by atoms with Crippen molar-refractivity contribution in [3.63, 3.8) is 0 Å². The van der Waals surface area contributed by atoms with E-state index in [1.165, 1.54) is 0 Å². The molecule has 0 fully saturated rings. The summed E-state index contributed by atoms with van der Waals surface area (Å²) in [5.74, 6) is -0.653. The maximum absolute atomic E-state index is 11.6. The summed E-state index contributed by atoms with van der Waals surface area (Å²) >= 11 is 0. The van der Waals surface area contributed by atoms with E-state index in [9.17, 15) is 9.90 Å². The molecule has 0 amide bonds. The Morgan fingerprint density at radius 3 is 2.25 bits per heavy atom. The molecule has 0 aliphatic heterocycles. The third-order valence-corrected chi connectivity index (χ3v) is 3.49. The van der Waals surface area contributed by atoms with Crippen molar-refractivity contribution >= 4 is 23.2 Å². The van der Waals surface area contributed by atoms with Crippen molar-refractivity contribution in [2.45, 2.75) is 0 Å². The average Bonchev–Trinajstić information content (AvgIpc) is 2.62. The molecule has 0 aliphatic carbocycles. The minimum Gasteiger partial charge on any atom is -0.478 e. The molecule has 2 aromatic carbocycles.